The zero-order valence-electron chi connectivity index (χ0n) is 17.3. The summed E-state index contributed by atoms with van der Waals surface area (Å²) in [6.45, 7) is 0.354. The first-order chi connectivity index (χ1) is 14.9. The Kier molecular flexibility index (Phi) is 4.57. The van der Waals surface area contributed by atoms with Gasteiger partial charge in [-0.3, -0.25) is 4.79 Å². The van der Waals surface area contributed by atoms with Gasteiger partial charge in [-0.25, -0.2) is 8.42 Å². The number of fused-ring (bicyclic) bond motifs is 5. The fourth-order valence-electron chi connectivity index (χ4n) is 5.18. The molecule has 3 atom stereocenters. The lowest BCUT2D eigenvalue weighted by atomic mass is 9.73. The quantitative estimate of drug-likeness (QED) is 0.464. The molecule has 1 aliphatic heterocycles. The maximum atomic E-state index is 14.1. The molecule has 2 aromatic carbocycles. The van der Waals surface area contributed by atoms with Gasteiger partial charge >= 0.3 is 5.97 Å². The van der Waals surface area contributed by atoms with Gasteiger partial charge in [0.1, 0.15) is 0 Å². The summed E-state index contributed by atoms with van der Waals surface area (Å²) in [7, 11) is -0.981. The molecule has 1 aliphatic carbocycles. The molecule has 0 spiro atoms. The van der Waals surface area contributed by atoms with Crippen LogP contribution in [0.5, 0.6) is 0 Å². The zero-order valence-corrected chi connectivity index (χ0v) is 18.1. The van der Waals surface area contributed by atoms with E-state index in [0.29, 0.717) is 6.61 Å². The molecule has 0 radical (unpaired) electrons. The highest BCUT2D eigenvalue weighted by Gasteiger charge is 2.63. The number of para-hydroxylation sites is 1. The number of aryl methyl sites for hydroxylation is 1. The monoisotopic (exact) mass is 437 g/mol. The first-order valence-electron chi connectivity index (χ1n) is 10.2. The van der Waals surface area contributed by atoms with E-state index in [2.05, 4.69) is 0 Å². The molecule has 0 saturated carbocycles. The molecular formula is C24H23NO5S. The highest BCUT2D eigenvalue weighted by Crippen LogP contribution is 2.53. The number of esters is 1. The second kappa shape index (κ2) is 7.07. The smallest absolute Gasteiger partial charge is 0.328 e. The van der Waals surface area contributed by atoms with Gasteiger partial charge in [0.25, 0.3) is 0 Å². The van der Waals surface area contributed by atoms with Gasteiger partial charge in [0, 0.05) is 41.5 Å². The normalized spacial score (nSPS) is 25.1. The Bertz CT molecular complexity index is 1310. The van der Waals surface area contributed by atoms with Crippen molar-refractivity contribution in [3.05, 3.63) is 78.0 Å². The van der Waals surface area contributed by atoms with E-state index in [1.165, 1.54) is 19.2 Å². The van der Waals surface area contributed by atoms with Crippen molar-refractivity contribution in [3.8, 4) is 0 Å². The minimum absolute atomic E-state index is 0.00623. The third kappa shape index (κ3) is 2.60. The third-order valence-electron chi connectivity index (χ3n) is 6.63. The molecule has 1 aromatic heterocycles. The van der Waals surface area contributed by atoms with Crippen molar-refractivity contribution >= 4 is 26.7 Å². The molecule has 2 heterocycles. The van der Waals surface area contributed by atoms with E-state index >= 15 is 0 Å². The lowest BCUT2D eigenvalue weighted by molar-refractivity contribution is -0.147. The number of nitrogens with zero attached hydrogens (tertiary/aromatic N) is 1. The number of ether oxygens (including phenoxy) is 2. The number of sulfone groups is 1. The minimum Gasteiger partial charge on any atom is -0.468 e. The van der Waals surface area contributed by atoms with Crippen molar-refractivity contribution in [1.82, 2.24) is 4.57 Å². The van der Waals surface area contributed by atoms with Crippen LogP contribution in [-0.2, 0) is 37.6 Å². The van der Waals surface area contributed by atoms with Crippen LogP contribution in [0.25, 0.3) is 10.9 Å². The lowest BCUT2D eigenvalue weighted by Crippen LogP contribution is -2.59. The van der Waals surface area contributed by atoms with Crippen LogP contribution < -0.4 is 0 Å². The summed E-state index contributed by atoms with van der Waals surface area (Å²) in [5, 5.41) is 1.01. The van der Waals surface area contributed by atoms with Gasteiger partial charge in [-0.1, -0.05) is 48.6 Å². The van der Waals surface area contributed by atoms with E-state index in [-0.39, 0.29) is 11.3 Å². The van der Waals surface area contributed by atoms with Gasteiger partial charge in [-0.2, -0.15) is 0 Å². The topological polar surface area (TPSA) is 74.6 Å². The number of methoxy groups -OCH3 is 1. The van der Waals surface area contributed by atoms with Crippen molar-refractivity contribution < 1.29 is 22.7 Å². The van der Waals surface area contributed by atoms with Crippen LogP contribution in [0.1, 0.15) is 17.4 Å². The van der Waals surface area contributed by atoms with Crippen molar-refractivity contribution in [1.29, 1.82) is 0 Å². The number of carbonyl (C=O) groups excluding carboxylic acids is 1. The lowest BCUT2D eigenvalue weighted by Gasteiger charge is -2.45. The summed E-state index contributed by atoms with van der Waals surface area (Å²) in [6.07, 6.45) is 3.04. The van der Waals surface area contributed by atoms with Crippen LogP contribution in [-0.4, -0.2) is 37.4 Å². The Morgan fingerprint density at radius 1 is 1.13 bits per heavy atom. The average molecular weight is 438 g/mol. The SMILES string of the molecule is COC(=O)[C@@]1(S(=O)(=O)c2ccccc2)Cc2c(c3ccccc3n2C)[C@H]2OCC=C[C@H]21. The van der Waals surface area contributed by atoms with Gasteiger partial charge in [0.15, 0.2) is 14.6 Å². The molecule has 3 aromatic rings. The molecule has 6 nitrogen and oxygen atoms in total. The Balaban J connectivity index is 1.86. The Labute approximate surface area is 181 Å². The second-order valence-corrected chi connectivity index (χ2v) is 10.2. The summed E-state index contributed by atoms with van der Waals surface area (Å²) in [6, 6.07) is 16.0. The largest absolute Gasteiger partial charge is 0.468 e. The molecule has 0 bridgehead atoms. The van der Waals surface area contributed by atoms with Gasteiger partial charge < -0.3 is 14.0 Å². The molecular weight excluding hydrogens is 414 g/mol. The highest BCUT2D eigenvalue weighted by molar-refractivity contribution is 7.93. The summed E-state index contributed by atoms with van der Waals surface area (Å²) < 4.78 is 39.6. The standard InChI is InChI=1S/C24H23NO5S/c1-25-19-13-7-6-11-17(19)21-20(25)15-24(23(26)29-2,18-12-8-14-30-22(18)21)31(27,28)16-9-4-3-5-10-16/h3-13,18,22H,14-15H2,1-2H3/t18-,22+,24-/m1/s1. The second-order valence-electron chi connectivity index (χ2n) is 8.02. The van der Waals surface area contributed by atoms with Gasteiger partial charge in [-0.15, -0.1) is 0 Å². The fraction of sp³-hybridized carbons (Fsp3) is 0.292. The highest BCUT2D eigenvalue weighted by atomic mass is 32.2. The van der Waals surface area contributed by atoms with Gasteiger partial charge in [0.2, 0.25) is 0 Å². The molecule has 0 amide bonds. The maximum absolute atomic E-state index is 14.1. The summed E-state index contributed by atoms with van der Waals surface area (Å²) >= 11 is 0. The van der Waals surface area contributed by atoms with Crippen LogP contribution in [0.3, 0.4) is 0 Å². The first-order valence-corrected chi connectivity index (χ1v) is 11.6. The number of benzene rings is 2. The zero-order chi connectivity index (χ0) is 21.8. The van der Waals surface area contributed by atoms with E-state index in [1.807, 2.05) is 42.0 Å². The summed E-state index contributed by atoms with van der Waals surface area (Å²) in [5.74, 6) is -1.48. The Morgan fingerprint density at radius 2 is 1.84 bits per heavy atom. The first kappa shape index (κ1) is 20.0. The van der Waals surface area contributed by atoms with E-state index < -0.39 is 32.6 Å². The van der Waals surface area contributed by atoms with Crippen LogP contribution >= 0.6 is 0 Å². The Morgan fingerprint density at radius 3 is 2.58 bits per heavy atom. The van der Waals surface area contributed by atoms with Crippen molar-refractivity contribution in [2.75, 3.05) is 13.7 Å². The molecule has 7 heteroatoms. The number of aromatic nitrogens is 1. The average Bonchev–Trinajstić information content (AvgIpc) is 3.10. The third-order valence-corrected chi connectivity index (χ3v) is 9.06. The van der Waals surface area contributed by atoms with Crippen LogP contribution in [0.15, 0.2) is 71.6 Å². The van der Waals surface area contributed by atoms with Crippen molar-refractivity contribution in [2.45, 2.75) is 22.2 Å². The van der Waals surface area contributed by atoms with Crippen molar-refractivity contribution in [2.24, 2.45) is 13.0 Å². The van der Waals surface area contributed by atoms with Crippen LogP contribution in [0.4, 0.5) is 0 Å². The summed E-state index contributed by atoms with van der Waals surface area (Å²) in [5.41, 5.74) is 2.71. The summed E-state index contributed by atoms with van der Waals surface area (Å²) in [4.78, 5) is 13.5. The Hall–Kier alpha value is -2.90. The number of hydrogen-bond acceptors (Lipinski definition) is 5. The van der Waals surface area contributed by atoms with Crippen LogP contribution in [0, 0.1) is 5.92 Å². The molecule has 0 saturated heterocycles. The van der Waals surface area contributed by atoms with E-state index in [9.17, 15) is 13.2 Å². The van der Waals surface area contributed by atoms with E-state index in [1.54, 1.807) is 24.3 Å². The predicted octanol–water partition coefficient (Wildman–Crippen LogP) is 3.36. The van der Waals surface area contributed by atoms with Gasteiger partial charge in [-0.05, 0) is 18.2 Å². The molecule has 160 valence electrons. The fourth-order valence-corrected chi connectivity index (χ4v) is 7.30. The molecule has 0 N–H and O–H groups in total. The number of rotatable bonds is 3. The number of hydrogen-bond donors (Lipinski definition) is 0. The minimum atomic E-state index is -4.12. The molecule has 2 aliphatic rings. The van der Waals surface area contributed by atoms with E-state index in [4.69, 9.17) is 9.47 Å². The maximum Gasteiger partial charge on any atom is 0.328 e. The predicted molar refractivity (Wildman–Crippen MR) is 116 cm³/mol. The molecule has 0 unspecified atom stereocenters. The molecule has 31 heavy (non-hydrogen) atoms. The number of carbonyl (C=O) groups is 1. The molecule has 0 fully saturated rings. The molecule has 5 rings (SSSR count). The van der Waals surface area contributed by atoms with E-state index in [0.717, 1.165) is 22.2 Å². The van der Waals surface area contributed by atoms with Crippen molar-refractivity contribution in [3.63, 3.8) is 0 Å². The van der Waals surface area contributed by atoms with Gasteiger partial charge in [0.05, 0.1) is 24.7 Å². The van der Waals surface area contributed by atoms with Crippen LogP contribution in [0.2, 0.25) is 0 Å².